The largest absolute Gasteiger partial charge is 0.477 e. The summed E-state index contributed by atoms with van der Waals surface area (Å²) < 4.78 is 5.41. The number of hydrogen-bond donors (Lipinski definition) is 2. The van der Waals surface area contributed by atoms with Gasteiger partial charge in [0.1, 0.15) is 17.5 Å². The first-order chi connectivity index (χ1) is 12.0. The number of nitrogen functional groups attached to an aromatic ring is 1. The van der Waals surface area contributed by atoms with Crippen LogP contribution >= 0.6 is 0 Å². The van der Waals surface area contributed by atoms with Crippen molar-refractivity contribution in [3.8, 4) is 11.9 Å². The van der Waals surface area contributed by atoms with Gasteiger partial charge in [-0.25, -0.2) is 9.97 Å². The summed E-state index contributed by atoms with van der Waals surface area (Å²) in [7, 11) is 0. The molecule has 7 heteroatoms. The number of ether oxygens (including phenoxy) is 1. The zero-order chi connectivity index (χ0) is 18.0. The van der Waals surface area contributed by atoms with E-state index in [1.165, 1.54) is 0 Å². The maximum absolute atomic E-state index is 9.19. The monoisotopic (exact) mass is 334 g/mol. The van der Waals surface area contributed by atoms with Gasteiger partial charge < -0.3 is 15.8 Å². The van der Waals surface area contributed by atoms with Gasteiger partial charge in [0.2, 0.25) is 5.88 Å². The Balaban J connectivity index is 1.98. The van der Waals surface area contributed by atoms with Gasteiger partial charge in [0.15, 0.2) is 0 Å². The van der Waals surface area contributed by atoms with Crippen molar-refractivity contribution in [1.29, 1.82) is 5.26 Å². The van der Waals surface area contributed by atoms with Crippen molar-refractivity contribution < 1.29 is 4.74 Å². The Morgan fingerprint density at radius 3 is 2.52 bits per heavy atom. The molecule has 0 saturated heterocycles. The fourth-order valence-corrected chi connectivity index (χ4v) is 2.41. The van der Waals surface area contributed by atoms with Crippen molar-refractivity contribution in [3.05, 3.63) is 41.2 Å². The second-order valence-corrected chi connectivity index (χ2v) is 5.54. The zero-order valence-corrected chi connectivity index (χ0v) is 14.3. The number of nitrogens with zero attached hydrogens (tertiary/aromatic N) is 4. The first-order valence-electron chi connectivity index (χ1n) is 7.87. The lowest BCUT2D eigenvalue weighted by molar-refractivity contribution is 0.326. The van der Waals surface area contributed by atoms with Gasteiger partial charge in [-0.1, -0.05) is 0 Å². The standard InChI is InChI=1S/C18H18N6O/c1-4-25-18-13(9-19)14(20)8-17(24-18)23-12-5-6-15-16(7-12)22-11(3)10(2)21-15/h5-8H,4H2,1-3H3,(H3,20,23,24). The quantitative estimate of drug-likeness (QED) is 0.753. The third-order valence-corrected chi connectivity index (χ3v) is 3.76. The Hall–Kier alpha value is -3.40. The Kier molecular flexibility index (Phi) is 4.35. The highest BCUT2D eigenvalue weighted by atomic mass is 16.5. The molecule has 0 aliphatic rings. The number of hydrogen-bond acceptors (Lipinski definition) is 7. The van der Waals surface area contributed by atoms with Crippen LogP contribution in [0, 0.1) is 25.2 Å². The summed E-state index contributed by atoms with van der Waals surface area (Å²) in [5.41, 5.74) is 10.7. The zero-order valence-electron chi connectivity index (χ0n) is 14.3. The van der Waals surface area contributed by atoms with Crippen LogP contribution in [-0.4, -0.2) is 21.6 Å². The molecule has 2 heterocycles. The van der Waals surface area contributed by atoms with E-state index in [2.05, 4.69) is 20.3 Å². The number of anilines is 3. The number of aromatic nitrogens is 3. The summed E-state index contributed by atoms with van der Waals surface area (Å²) in [5, 5.41) is 12.4. The van der Waals surface area contributed by atoms with Crippen LogP contribution in [0.2, 0.25) is 0 Å². The van der Waals surface area contributed by atoms with Gasteiger partial charge in [0.25, 0.3) is 0 Å². The van der Waals surface area contributed by atoms with E-state index in [9.17, 15) is 5.26 Å². The van der Waals surface area contributed by atoms with E-state index in [1.807, 2.05) is 45.0 Å². The predicted octanol–water partition coefficient (Wildman–Crippen LogP) is 3.24. The molecule has 7 nitrogen and oxygen atoms in total. The van der Waals surface area contributed by atoms with E-state index in [0.29, 0.717) is 18.1 Å². The molecule has 0 spiro atoms. The van der Waals surface area contributed by atoms with Crippen LogP contribution in [-0.2, 0) is 0 Å². The highest BCUT2D eigenvalue weighted by Gasteiger charge is 2.12. The summed E-state index contributed by atoms with van der Waals surface area (Å²) in [5.74, 6) is 0.718. The molecule has 3 N–H and O–H groups in total. The van der Waals surface area contributed by atoms with Gasteiger partial charge in [-0.2, -0.15) is 10.2 Å². The highest BCUT2D eigenvalue weighted by molar-refractivity contribution is 5.80. The number of aryl methyl sites for hydroxylation is 2. The molecule has 3 rings (SSSR count). The molecule has 126 valence electrons. The first-order valence-corrected chi connectivity index (χ1v) is 7.87. The number of pyridine rings is 1. The lowest BCUT2D eigenvalue weighted by Gasteiger charge is -2.12. The van der Waals surface area contributed by atoms with Gasteiger partial charge in [0, 0.05) is 11.8 Å². The van der Waals surface area contributed by atoms with E-state index < -0.39 is 0 Å². The summed E-state index contributed by atoms with van der Waals surface area (Å²) in [4.78, 5) is 13.4. The van der Waals surface area contributed by atoms with Gasteiger partial charge in [0.05, 0.1) is 34.7 Å². The summed E-state index contributed by atoms with van der Waals surface area (Å²) in [6.07, 6.45) is 0. The van der Waals surface area contributed by atoms with E-state index in [1.54, 1.807) is 6.07 Å². The molecule has 0 aliphatic heterocycles. The molecule has 0 radical (unpaired) electrons. The number of nitrogens with one attached hydrogen (secondary N) is 1. The molecule has 0 atom stereocenters. The van der Waals surface area contributed by atoms with Crippen molar-refractivity contribution in [2.75, 3.05) is 17.7 Å². The van der Waals surface area contributed by atoms with Crippen LogP contribution < -0.4 is 15.8 Å². The van der Waals surface area contributed by atoms with E-state index in [-0.39, 0.29) is 11.4 Å². The number of nitriles is 1. The van der Waals surface area contributed by atoms with Gasteiger partial charge >= 0.3 is 0 Å². The second-order valence-electron chi connectivity index (χ2n) is 5.54. The Bertz CT molecular complexity index is 993. The average Bonchev–Trinajstić information content (AvgIpc) is 2.56. The third-order valence-electron chi connectivity index (χ3n) is 3.76. The normalized spacial score (nSPS) is 10.5. The van der Waals surface area contributed by atoms with Crippen LogP contribution in [0.5, 0.6) is 5.88 Å². The molecular formula is C18H18N6O. The van der Waals surface area contributed by atoms with E-state index >= 15 is 0 Å². The lowest BCUT2D eigenvalue weighted by Crippen LogP contribution is -2.04. The van der Waals surface area contributed by atoms with Crippen molar-refractivity contribution in [2.45, 2.75) is 20.8 Å². The van der Waals surface area contributed by atoms with Crippen LogP contribution in [0.4, 0.5) is 17.2 Å². The smallest absolute Gasteiger partial charge is 0.235 e. The Morgan fingerprint density at radius 2 is 1.84 bits per heavy atom. The second kappa shape index (κ2) is 6.61. The fourth-order valence-electron chi connectivity index (χ4n) is 2.41. The van der Waals surface area contributed by atoms with E-state index in [4.69, 9.17) is 10.5 Å². The van der Waals surface area contributed by atoms with Crippen molar-refractivity contribution in [3.63, 3.8) is 0 Å². The van der Waals surface area contributed by atoms with Crippen molar-refractivity contribution in [2.24, 2.45) is 0 Å². The van der Waals surface area contributed by atoms with Crippen LogP contribution in [0.3, 0.4) is 0 Å². The number of benzene rings is 1. The summed E-state index contributed by atoms with van der Waals surface area (Å²) in [6.45, 7) is 6.09. The molecule has 3 aromatic rings. The molecule has 2 aromatic heterocycles. The Morgan fingerprint density at radius 1 is 1.12 bits per heavy atom. The molecule has 0 fully saturated rings. The molecule has 0 bridgehead atoms. The maximum atomic E-state index is 9.19. The lowest BCUT2D eigenvalue weighted by atomic mass is 10.2. The number of nitrogens with two attached hydrogens (primary N) is 1. The van der Waals surface area contributed by atoms with Crippen molar-refractivity contribution >= 4 is 28.2 Å². The molecule has 25 heavy (non-hydrogen) atoms. The van der Waals surface area contributed by atoms with Gasteiger partial charge in [-0.15, -0.1) is 0 Å². The van der Waals surface area contributed by atoms with E-state index in [0.717, 1.165) is 28.1 Å². The maximum Gasteiger partial charge on any atom is 0.235 e. The fraction of sp³-hybridized carbons (Fsp3) is 0.222. The minimum absolute atomic E-state index is 0.222. The molecule has 0 aliphatic carbocycles. The average molecular weight is 334 g/mol. The minimum Gasteiger partial charge on any atom is -0.477 e. The van der Waals surface area contributed by atoms with Crippen LogP contribution in [0.15, 0.2) is 24.3 Å². The SMILES string of the molecule is CCOc1nc(Nc2ccc3nc(C)c(C)nc3c2)cc(N)c1C#N. The predicted molar refractivity (Wildman–Crippen MR) is 96.8 cm³/mol. The minimum atomic E-state index is 0.222. The number of rotatable bonds is 4. The number of fused-ring (bicyclic) bond motifs is 1. The molecular weight excluding hydrogens is 316 g/mol. The molecule has 0 unspecified atom stereocenters. The summed E-state index contributed by atoms with van der Waals surface area (Å²) in [6, 6.07) is 9.31. The molecule has 1 aromatic carbocycles. The topological polar surface area (TPSA) is 110 Å². The van der Waals surface area contributed by atoms with Crippen molar-refractivity contribution in [1.82, 2.24) is 15.0 Å². The summed E-state index contributed by atoms with van der Waals surface area (Å²) >= 11 is 0. The van der Waals surface area contributed by atoms with Gasteiger partial charge in [-0.3, -0.25) is 0 Å². The molecule has 0 saturated carbocycles. The van der Waals surface area contributed by atoms with Crippen LogP contribution in [0.25, 0.3) is 11.0 Å². The third kappa shape index (κ3) is 3.28. The first kappa shape index (κ1) is 16.5. The Labute approximate surface area is 145 Å². The molecule has 0 amide bonds. The highest BCUT2D eigenvalue weighted by Crippen LogP contribution is 2.27. The van der Waals surface area contributed by atoms with Gasteiger partial charge in [-0.05, 0) is 39.0 Å². The van der Waals surface area contributed by atoms with Crippen LogP contribution in [0.1, 0.15) is 23.9 Å².